The van der Waals surface area contributed by atoms with E-state index >= 15 is 0 Å². The molecule has 14 heteroatoms. The lowest BCUT2D eigenvalue weighted by atomic mass is 9.48. The number of phenols is 1. The quantitative estimate of drug-likeness (QED) is 0.150. The average Bonchev–Trinajstić information content (AvgIpc) is 3.51. The summed E-state index contributed by atoms with van der Waals surface area (Å²) >= 11 is 0. The number of likely N-dealkylation sites (tertiary alicyclic amines) is 1. The average molecular weight is 624 g/mol. The second-order valence-corrected chi connectivity index (χ2v) is 12.0. The minimum absolute atomic E-state index is 0.0753. The van der Waals surface area contributed by atoms with E-state index in [1.54, 1.807) is 24.3 Å². The van der Waals surface area contributed by atoms with Crippen LogP contribution in [0, 0.1) is 0 Å². The van der Waals surface area contributed by atoms with Crippen LogP contribution in [0.4, 0.5) is 5.69 Å². The monoisotopic (exact) mass is 623 g/mol. The van der Waals surface area contributed by atoms with Crippen LogP contribution in [-0.2, 0) is 21.4 Å². The van der Waals surface area contributed by atoms with E-state index in [0.717, 1.165) is 17.7 Å². The fraction of sp³-hybridized carbons (Fsp3) is 0.419. The molecular formula is C31H33N3O11. The van der Waals surface area contributed by atoms with E-state index in [2.05, 4.69) is 22.1 Å². The Bertz CT molecular complexity index is 1610. The summed E-state index contributed by atoms with van der Waals surface area (Å²) in [6.07, 6.45) is -0.536. The maximum atomic E-state index is 12.5. The Morgan fingerprint density at radius 2 is 1.82 bits per heavy atom. The lowest BCUT2D eigenvalue weighted by Gasteiger charge is -2.64. The number of imide groups is 1. The number of aliphatic hydroxyl groups excluding tert-OH is 2. The first kappa shape index (κ1) is 30.5. The minimum Gasteiger partial charge on any atom is -0.504 e. The van der Waals surface area contributed by atoms with Crippen LogP contribution in [0.15, 0.2) is 43.0 Å². The van der Waals surface area contributed by atoms with Crippen LogP contribution in [0.1, 0.15) is 51.1 Å². The highest BCUT2D eigenvalue weighted by Crippen LogP contribution is 2.65. The van der Waals surface area contributed by atoms with Gasteiger partial charge in [0.1, 0.15) is 6.10 Å². The molecule has 2 amide bonds. The third-order valence-electron chi connectivity index (χ3n) is 9.85. The third-order valence-corrected chi connectivity index (χ3v) is 9.85. The van der Waals surface area contributed by atoms with Gasteiger partial charge in [0.25, 0.3) is 11.8 Å². The molecule has 8 N–H and O–H groups in total. The number of aliphatic hydroxyl groups is 3. The van der Waals surface area contributed by atoms with Crippen LogP contribution in [0.25, 0.3) is 0 Å². The number of hydrogen-bond acceptors (Lipinski definition) is 11. The number of carbonyl (C=O) groups excluding carboxylic acids is 2. The van der Waals surface area contributed by atoms with Gasteiger partial charge in [-0.1, -0.05) is 18.2 Å². The predicted octanol–water partition coefficient (Wildman–Crippen LogP) is -0.0260. The molecule has 2 aromatic rings. The van der Waals surface area contributed by atoms with Crippen molar-refractivity contribution in [2.45, 2.75) is 67.1 Å². The summed E-state index contributed by atoms with van der Waals surface area (Å²) in [5.41, 5.74) is 1.64. The number of nitrogens with zero attached hydrogens (tertiary/aromatic N) is 1. The molecule has 0 radical (unpaired) electrons. The summed E-state index contributed by atoms with van der Waals surface area (Å²) in [4.78, 5) is 46.6. The molecule has 1 saturated heterocycles. The normalized spacial score (nSPS) is 30.0. The molecule has 2 bridgehead atoms. The van der Waals surface area contributed by atoms with Crippen molar-refractivity contribution in [3.63, 3.8) is 0 Å². The molecule has 7 atom stereocenters. The first-order valence-corrected chi connectivity index (χ1v) is 14.5. The topological polar surface area (TPSA) is 226 Å². The molecule has 3 heterocycles. The van der Waals surface area contributed by atoms with Crippen molar-refractivity contribution in [3.8, 4) is 11.5 Å². The molecule has 2 aromatic carbocycles. The van der Waals surface area contributed by atoms with E-state index in [-0.39, 0.29) is 17.8 Å². The van der Waals surface area contributed by atoms with Crippen LogP contribution in [0.3, 0.4) is 0 Å². The van der Waals surface area contributed by atoms with Crippen molar-refractivity contribution in [1.29, 1.82) is 0 Å². The zero-order chi connectivity index (χ0) is 32.4. The maximum Gasteiger partial charge on any atom is 0.335 e. The standard InChI is InChI=1S/C27H27N3O5.C4H6O6/c1-2-11-30-12-10-26-21-14-6-7-18(31)22(21)35-23(26)17(8-9-27(26,34)19(30)13-14)28-16-5-3-4-15-20(16)25(33)29-24(15)32;5-1(3(7)8)2(6)4(9)10/h2-7,17,19,23,28,31,34H,1,8-13H2,(H,29,32,33);1-2,5-6H,(H,7,8)(H,9,10)/t17-,19-,23+,26+,27?;/m1./s1. The molecule has 45 heavy (non-hydrogen) atoms. The van der Waals surface area contributed by atoms with Crippen molar-refractivity contribution in [3.05, 3.63) is 65.2 Å². The molecular weight excluding hydrogens is 590 g/mol. The molecule has 0 aromatic heterocycles. The van der Waals surface area contributed by atoms with Crippen molar-refractivity contribution < 1.29 is 54.6 Å². The summed E-state index contributed by atoms with van der Waals surface area (Å²) in [5, 5.41) is 61.6. The van der Waals surface area contributed by atoms with Crippen LogP contribution in [-0.4, -0.2) is 108 Å². The molecule has 5 aliphatic rings. The Morgan fingerprint density at radius 3 is 2.49 bits per heavy atom. The first-order valence-electron chi connectivity index (χ1n) is 14.5. The van der Waals surface area contributed by atoms with Crippen molar-refractivity contribution in [2.24, 2.45) is 0 Å². The van der Waals surface area contributed by atoms with E-state index in [0.29, 0.717) is 54.8 Å². The number of piperidine rings is 1. The molecule has 7 rings (SSSR count). The second kappa shape index (κ2) is 10.8. The van der Waals surface area contributed by atoms with Crippen LogP contribution in [0.2, 0.25) is 0 Å². The summed E-state index contributed by atoms with van der Waals surface area (Å²) in [6, 6.07) is 8.55. The van der Waals surface area contributed by atoms with Gasteiger partial charge in [-0.25, -0.2) is 9.59 Å². The number of aliphatic carboxylic acids is 2. The highest BCUT2D eigenvalue weighted by Gasteiger charge is 2.72. The number of carboxylic acid groups (broad SMARTS) is 2. The van der Waals surface area contributed by atoms with Gasteiger partial charge in [-0.3, -0.25) is 19.8 Å². The Labute approximate surface area is 256 Å². The van der Waals surface area contributed by atoms with Gasteiger partial charge in [-0.05, 0) is 56.0 Å². The van der Waals surface area contributed by atoms with Crippen molar-refractivity contribution in [1.82, 2.24) is 10.2 Å². The van der Waals surface area contributed by atoms with Crippen molar-refractivity contribution >= 4 is 29.4 Å². The number of rotatable bonds is 7. The van der Waals surface area contributed by atoms with Gasteiger partial charge >= 0.3 is 11.9 Å². The largest absolute Gasteiger partial charge is 0.504 e. The molecule has 14 nitrogen and oxygen atoms in total. The van der Waals surface area contributed by atoms with Crippen LogP contribution in [0.5, 0.6) is 11.5 Å². The number of amides is 2. The zero-order valence-corrected chi connectivity index (χ0v) is 24.0. The zero-order valence-electron chi connectivity index (χ0n) is 24.0. The molecule has 2 aliphatic carbocycles. The Balaban J connectivity index is 0.000000311. The van der Waals surface area contributed by atoms with Gasteiger partial charge in [0, 0.05) is 23.8 Å². The number of phenolic OH excluding ortho intramolecular Hbond substituents is 1. The van der Waals surface area contributed by atoms with Gasteiger partial charge in [-0.15, -0.1) is 6.58 Å². The number of aromatic hydroxyl groups is 1. The summed E-state index contributed by atoms with van der Waals surface area (Å²) in [5.74, 6) is -3.78. The number of nitrogens with one attached hydrogen (secondary N) is 2. The number of hydrogen-bond donors (Lipinski definition) is 8. The second-order valence-electron chi connectivity index (χ2n) is 12.0. The molecule has 238 valence electrons. The molecule has 2 fully saturated rings. The maximum absolute atomic E-state index is 12.5. The van der Waals surface area contributed by atoms with Crippen LogP contribution < -0.4 is 15.4 Å². The smallest absolute Gasteiger partial charge is 0.335 e. The third kappa shape index (κ3) is 4.39. The van der Waals surface area contributed by atoms with Gasteiger partial charge in [0.15, 0.2) is 23.7 Å². The number of carbonyl (C=O) groups is 4. The molecule has 1 spiro atoms. The van der Waals surface area contributed by atoms with E-state index in [9.17, 15) is 29.4 Å². The summed E-state index contributed by atoms with van der Waals surface area (Å²) < 4.78 is 6.54. The Kier molecular flexibility index (Phi) is 7.35. The first-order chi connectivity index (χ1) is 21.4. The summed E-state index contributed by atoms with van der Waals surface area (Å²) in [6.45, 7) is 5.41. The van der Waals surface area contributed by atoms with Gasteiger partial charge in [-0.2, -0.15) is 0 Å². The van der Waals surface area contributed by atoms with Crippen molar-refractivity contribution in [2.75, 3.05) is 18.4 Å². The lowest BCUT2D eigenvalue weighted by Crippen LogP contribution is -2.77. The predicted molar refractivity (Wildman–Crippen MR) is 155 cm³/mol. The SMILES string of the molecule is C=CCN1CC[C@]23c4c5ccc(O)c4O[C@H]2[C@H](Nc2cccc4c2C(=O)NC4=O)CCC3(O)[C@H]1C5.O=C(O)C(O)C(O)C(=O)O. The number of fused-ring (bicyclic) bond motifs is 1. The van der Waals surface area contributed by atoms with E-state index in [1.165, 1.54) is 0 Å². The lowest BCUT2D eigenvalue weighted by molar-refractivity contribution is -0.185. The van der Waals surface area contributed by atoms with E-state index in [4.69, 9.17) is 25.2 Å². The fourth-order valence-electron chi connectivity index (χ4n) is 7.97. The number of carboxylic acids is 2. The van der Waals surface area contributed by atoms with Crippen LogP contribution >= 0.6 is 0 Å². The van der Waals surface area contributed by atoms with E-state index in [1.807, 2.05) is 12.1 Å². The van der Waals surface area contributed by atoms with Gasteiger partial charge < -0.3 is 40.7 Å². The minimum atomic E-state index is -2.27. The van der Waals surface area contributed by atoms with Gasteiger partial charge in [0.2, 0.25) is 0 Å². The van der Waals surface area contributed by atoms with E-state index < -0.39 is 53.1 Å². The number of benzene rings is 2. The fourth-order valence-corrected chi connectivity index (χ4v) is 7.97. The Hall–Kier alpha value is -4.50. The molecule has 1 saturated carbocycles. The Morgan fingerprint density at radius 1 is 1.11 bits per heavy atom. The summed E-state index contributed by atoms with van der Waals surface area (Å²) in [7, 11) is 0. The number of ether oxygens (including phenoxy) is 1. The number of anilines is 1. The highest BCUT2D eigenvalue weighted by atomic mass is 16.5. The molecule has 3 unspecified atom stereocenters. The highest BCUT2D eigenvalue weighted by molar-refractivity contribution is 6.23. The molecule has 3 aliphatic heterocycles. The van der Waals surface area contributed by atoms with Gasteiger partial charge in [0.05, 0.1) is 28.2 Å².